The number of aliphatic hydroxyl groups is 1. The lowest BCUT2D eigenvalue weighted by molar-refractivity contribution is -0.122. The summed E-state index contributed by atoms with van der Waals surface area (Å²) < 4.78 is 0. The molecule has 0 spiro atoms. The molecule has 0 aromatic heterocycles. The summed E-state index contributed by atoms with van der Waals surface area (Å²) in [5.41, 5.74) is 1.00. The van der Waals surface area contributed by atoms with Crippen LogP contribution in [0.4, 0.5) is 0 Å². The van der Waals surface area contributed by atoms with E-state index in [1.165, 1.54) is 0 Å². The molecule has 1 fully saturated rings. The number of carbonyl (C=O) groups excluding carboxylic acids is 1. The molecule has 1 amide bonds. The second kappa shape index (κ2) is 6.15. The van der Waals surface area contributed by atoms with Gasteiger partial charge >= 0.3 is 0 Å². The van der Waals surface area contributed by atoms with Crippen molar-refractivity contribution in [2.75, 3.05) is 13.2 Å². The van der Waals surface area contributed by atoms with Gasteiger partial charge in [-0.15, -0.1) is 0 Å². The summed E-state index contributed by atoms with van der Waals surface area (Å²) in [5.74, 6) is 0.394. The van der Waals surface area contributed by atoms with Crippen molar-refractivity contribution >= 4 is 17.5 Å². The summed E-state index contributed by atoms with van der Waals surface area (Å²) in [6.07, 6.45) is 1.56. The van der Waals surface area contributed by atoms with Crippen molar-refractivity contribution in [1.29, 1.82) is 0 Å². The van der Waals surface area contributed by atoms with Crippen LogP contribution in [0.3, 0.4) is 0 Å². The summed E-state index contributed by atoms with van der Waals surface area (Å²) in [7, 11) is 0. The zero-order valence-corrected chi connectivity index (χ0v) is 12.8. The Hall–Kier alpha value is -1.06. The highest BCUT2D eigenvalue weighted by Gasteiger charge is 2.44. The first-order valence-corrected chi connectivity index (χ1v) is 7.45. The van der Waals surface area contributed by atoms with Crippen molar-refractivity contribution < 1.29 is 9.90 Å². The lowest BCUT2D eigenvalue weighted by atomic mass is 9.89. The van der Waals surface area contributed by atoms with Crippen LogP contribution in [0, 0.1) is 11.3 Å². The molecule has 0 radical (unpaired) electrons. The predicted molar refractivity (Wildman–Crippen MR) is 80.8 cm³/mol. The Morgan fingerprint density at radius 1 is 1.45 bits per heavy atom. The van der Waals surface area contributed by atoms with E-state index < -0.39 is 0 Å². The first-order valence-electron chi connectivity index (χ1n) is 7.07. The number of hydrogen-bond acceptors (Lipinski definition) is 2. The van der Waals surface area contributed by atoms with Gasteiger partial charge in [0.15, 0.2) is 0 Å². The standard InChI is InChI=1S/C16H22ClNO2/c1-16(2,7-8-19)10-18-15(20)13-9-12(13)11-5-3-4-6-14(11)17/h3-6,12-13,19H,7-10H2,1-2H3,(H,18,20). The van der Waals surface area contributed by atoms with Gasteiger partial charge in [-0.25, -0.2) is 0 Å². The van der Waals surface area contributed by atoms with Gasteiger partial charge in [-0.2, -0.15) is 0 Å². The molecule has 110 valence electrons. The molecular weight excluding hydrogens is 274 g/mol. The third kappa shape index (κ3) is 3.74. The number of amides is 1. The summed E-state index contributed by atoms with van der Waals surface area (Å²) in [6.45, 7) is 4.83. The minimum absolute atomic E-state index is 0.0415. The van der Waals surface area contributed by atoms with Crippen molar-refractivity contribution in [1.82, 2.24) is 5.32 Å². The van der Waals surface area contributed by atoms with Gasteiger partial charge in [-0.3, -0.25) is 4.79 Å². The van der Waals surface area contributed by atoms with Gasteiger partial charge in [0.2, 0.25) is 5.91 Å². The molecule has 0 saturated heterocycles. The van der Waals surface area contributed by atoms with Crippen LogP contribution in [0.2, 0.25) is 5.02 Å². The summed E-state index contributed by atoms with van der Waals surface area (Å²) in [5, 5.41) is 12.7. The Kier molecular flexibility index (Phi) is 4.71. The smallest absolute Gasteiger partial charge is 0.223 e. The molecule has 0 bridgehead atoms. The van der Waals surface area contributed by atoms with E-state index in [2.05, 4.69) is 5.32 Å². The average molecular weight is 296 g/mol. The van der Waals surface area contributed by atoms with Crippen molar-refractivity contribution in [3.8, 4) is 0 Å². The largest absolute Gasteiger partial charge is 0.396 e. The second-order valence-electron chi connectivity index (χ2n) is 6.33. The molecule has 0 aliphatic heterocycles. The number of carbonyl (C=O) groups is 1. The minimum atomic E-state index is -0.0702. The Bertz CT molecular complexity index is 487. The molecule has 1 aliphatic rings. The van der Waals surface area contributed by atoms with Crippen LogP contribution >= 0.6 is 11.6 Å². The van der Waals surface area contributed by atoms with Gasteiger partial charge in [0.25, 0.3) is 0 Å². The lowest BCUT2D eigenvalue weighted by Gasteiger charge is -2.23. The van der Waals surface area contributed by atoms with Gasteiger partial charge < -0.3 is 10.4 Å². The quantitative estimate of drug-likeness (QED) is 0.848. The van der Waals surface area contributed by atoms with E-state index in [0.29, 0.717) is 13.0 Å². The number of hydrogen-bond donors (Lipinski definition) is 2. The summed E-state index contributed by atoms with van der Waals surface area (Å²) >= 11 is 6.16. The Morgan fingerprint density at radius 2 is 2.15 bits per heavy atom. The fourth-order valence-electron chi connectivity index (χ4n) is 2.45. The highest BCUT2D eigenvalue weighted by atomic mass is 35.5. The van der Waals surface area contributed by atoms with E-state index in [-0.39, 0.29) is 29.8 Å². The van der Waals surface area contributed by atoms with Gasteiger partial charge in [-0.1, -0.05) is 43.6 Å². The Balaban J connectivity index is 1.86. The molecular formula is C16H22ClNO2. The second-order valence-corrected chi connectivity index (χ2v) is 6.73. The molecule has 1 aromatic carbocycles. The maximum Gasteiger partial charge on any atom is 0.223 e. The highest BCUT2D eigenvalue weighted by Crippen LogP contribution is 2.49. The van der Waals surface area contributed by atoms with Crippen LogP contribution in [-0.4, -0.2) is 24.2 Å². The Morgan fingerprint density at radius 3 is 2.80 bits per heavy atom. The number of nitrogens with one attached hydrogen (secondary N) is 1. The fraction of sp³-hybridized carbons (Fsp3) is 0.562. The van der Waals surface area contributed by atoms with E-state index in [0.717, 1.165) is 17.0 Å². The van der Waals surface area contributed by atoms with Gasteiger partial charge in [0.05, 0.1) is 0 Å². The fourth-order valence-corrected chi connectivity index (χ4v) is 2.73. The monoisotopic (exact) mass is 295 g/mol. The third-order valence-electron chi connectivity index (χ3n) is 3.96. The van der Waals surface area contributed by atoms with E-state index in [1.807, 2.05) is 38.1 Å². The molecule has 2 atom stereocenters. The van der Waals surface area contributed by atoms with Crippen molar-refractivity contribution in [3.05, 3.63) is 34.9 Å². The minimum Gasteiger partial charge on any atom is -0.396 e. The van der Waals surface area contributed by atoms with Crippen molar-refractivity contribution in [3.63, 3.8) is 0 Å². The lowest BCUT2D eigenvalue weighted by Crippen LogP contribution is -2.35. The van der Waals surface area contributed by atoms with E-state index in [1.54, 1.807) is 0 Å². The zero-order valence-electron chi connectivity index (χ0n) is 12.0. The molecule has 20 heavy (non-hydrogen) atoms. The molecule has 3 nitrogen and oxygen atoms in total. The van der Waals surface area contributed by atoms with Crippen LogP contribution in [0.5, 0.6) is 0 Å². The topological polar surface area (TPSA) is 49.3 Å². The van der Waals surface area contributed by atoms with Crippen LogP contribution in [0.1, 0.15) is 38.2 Å². The number of rotatable bonds is 6. The van der Waals surface area contributed by atoms with E-state index in [9.17, 15) is 4.79 Å². The number of aliphatic hydroxyl groups excluding tert-OH is 1. The number of benzene rings is 1. The molecule has 0 heterocycles. The van der Waals surface area contributed by atoms with Crippen LogP contribution < -0.4 is 5.32 Å². The first-order chi connectivity index (χ1) is 9.44. The predicted octanol–water partition coefficient (Wildman–Crippen LogP) is 2.97. The van der Waals surface area contributed by atoms with Crippen LogP contribution in [-0.2, 0) is 4.79 Å². The van der Waals surface area contributed by atoms with E-state index >= 15 is 0 Å². The molecule has 2 rings (SSSR count). The zero-order chi connectivity index (χ0) is 14.8. The highest BCUT2D eigenvalue weighted by molar-refractivity contribution is 6.31. The van der Waals surface area contributed by atoms with Crippen molar-refractivity contribution in [2.24, 2.45) is 11.3 Å². The summed E-state index contributed by atoms with van der Waals surface area (Å²) in [6, 6.07) is 7.73. The third-order valence-corrected chi connectivity index (χ3v) is 4.31. The van der Waals surface area contributed by atoms with Gasteiger partial charge in [-0.05, 0) is 35.8 Å². The van der Waals surface area contributed by atoms with Crippen LogP contribution in [0.15, 0.2) is 24.3 Å². The Labute approximate surface area is 125 Å². The average Bonchev–Trinajstić information content (AvgIpc) is 3.17. The SMILES string of the molecule is CC(C)(CCO)CNC(=O)C1CC1c1ccccc1Cl. The van der Waals surface area contributed by atoms with Gasteiger partial charge in [0, 0.05) is 24.1 Å². The van der Waals surface area contributed by atoms with E-state index in [4.69, 9.17) is 16.7 Å². The van der Waals surface area contributed by atoms with Crippen molar-refractivity contribution in [2.45, 2.75) is 32.6 Å². The maximum absolute atomic E-state index is 12.1. The molecule has 1 saturated carbocycles. The summed E-state index contributed by atoms with van der Waals surface area (Å²) in [4.78, 5) is 12.1. The molecule has 1 aromatic rings. The number of halogens is 1. The van der Waals surface area contributed by atoms with Gasteiger partial charge in [0.1, 0.15) is 0 Å². The molecule has 4 heteroatoms. The normalized spacial score (nSPS) is 21.6. The molecule has 2 unspecified atom stereocenters. The first kappa shape index (κ1) is 15.3. The molecule has 1 aliphatic carbocycles. The van der Waals surface area contributed by atoms with Crippen LogP contribution in [0.25, 0.3) is 0 Å². The maximum atomic E-state index is 12.1. The molecule has 2 N–H and O–H groups in total.